The number of amides is 1. The van der Waals surface area contributed by atoms with Gasteiger partial charge in [0.2, 0.25) is 5.91 Å². The van der Waals surface area contributed by atoms with Crippen LogP contribution in [0, 0.1) is 11.8 Å². The summed E-state index contributed by atoms with van der Waals surface area (Å²) in [7, 11) is 0. The third kappa shape index (κ3) is 2.35. The van der Waals surface area contributed by atoms with Gasteiger partial charge in [0.1, 0.15) is 0 Å². The normalized spacial score (nSPS) is 24.3. The maximum Gasteiger partial charge on any atom is 0.227 e. The maximum atomic E-state index is 12.0. The quantitative estimate of drug-likeness (QED) is 0.750. The molecule has 1 fully saturated rings. The molecule has 3 N–H and O–H groups in total. The summed E-state index contributed by atoms with van der Waals surface area (Å²) < 4.78 is 0. The maximum absolute atomic E-state index is 12.0. The number of nitrogen functional groups attached to an aromatic ring is 1. The van der Waals surface area contributed by atoms with Crippen molar-refractivity contribution >= 4 is 17.3 Å². The Bertz CT molecular complexity index is 389. The highest BCUT2D eigenvalue weighted by Gasteiger charge is 2.29. The average molecular weight is 218 g/mol. The van der Waals surface area contributed by atoms with E-state index in [9.17, 15) is 4.79 Å². The van der Waals surface area contributed by atoms with Crippen molar-refractivity contribution in [1.82, 2.24) is 0 Å². The minimum atomic E-state index is 0.135. The second-order valence-electron chi connectivity index (χ2n) is 4.63. The molecule has 0 heterocycles. The van der Waals surface area contributed by atoms with Gasteiger partial charge in [-0.1, -0.05) is 19.4 Å². The van der Waals surface area contributed by atoms with Crippen LogP contribution in [0.2, 0.25) is 0 Å². The first-order valence-corrected chi connectivity index (χ1v) is 5.83. The fourth-order valence-electron chi connectivity index (χ4n) is 2.39. The molecule has 2 rings (SSSR count). The molecule has 3 nitrogen and oxygen atoms in total. The highest BCUT2D eigenvalue weighted by molar-refractivity contribution is 5.93. The Kier molecular flexibility index (Phi) is 3.13. The molecule has 0 bridgehead atoms. The van der Waals surface area contributed by atoms with Crippen LogP contribution in [0.4, 0.5) is 11.4 Å². The number of rotatable bonds is 2. The van der Waals surface area contributed by atoms with Gasteiger partial charge in [0.05, 0.1) is 0 Å². The zero-order valence-electron chi connectivity index (χ0n) is 9.57. The van der Waals surface area contributed by atoms with E-state index in [1.807, 2.05) is 18.2 Å². The minimum Gasteiger partial charge on any atom is -0.399 e. The summed E-state index contributed by atoms with van der Waals surface area (Å²) >= 11 is 0. The first kappa shape index (κ1) is 11.0. The van der Waals surface area contributed by atoms with Gasteiger partial charge >= 0.3 is 0 Å². The number of nitrogens with one attached hydrogen (secondary N) is 1. The lowest BCUT2D eigenvalue weighted by atomic mass is 9.97. The van der Waals surface area contributed by atoms with Crippen LogP contribution >= 0.6 is 0 Å². The van der Waals surface area contributed by atoms with E-state index in [1.165, 1.54) is 0 Å². The summed E-state index contributed by atoms with van der Waals surface area (Å²) in [6, 6.07) is 7.32. The van der Waals surface area contributed by atoms with E-state index in [-0.39, 0.29) is 11.8 Å². The Balaban J connectivity index is 2.02. The molecule has 2 unspecified atom stereocenters. The number of carbonyl (C=O) groups excluding carboxylic acids is 1. The first-order chi connectivity index (χ1) is 7.66. The molecule has 86 valence electrons. The minimum absolute atomic E-state index is 0.135. The predicted molar refractivity (Wildman–Crippen MR) is 66.0 cm³/mol. The van der Waals surface area contributed by atoms with Crippen molar-refractivity contribution < 1.29 is 4.79 Å². The summed E-state index contributed by atoms with van der Waals surface area (Å²) in [5, 5.41) is 2.94. The van der Waals surface area contributed by atoms with Crippen LogP contribution in [0.25, 0.3) is 0 Å². The van der Waals surface area contributed by atoms with Gasteiger partial charge in [0.25, 0.3) is 0 Å². The third-order valence-corrected chi connectivity index (χ3v) is 3.35. The van der Waals surface area contributed by atoms with Gasteiger partial charge in [-0.25, -0.2) is 0 Å². The van der Waals surface area contributed by atoms with Gasteiger partial charge in [-0.15, -0.1) is 0 Å². The smallest absolute Gasteiger partial charge is 0.227 e. The fourth-order valence-corrected chi connectivity index (χ4v) is 2.39. The lowest BCUT2D eigenvalue weighted by Gasteiger charge is -2.15. The second-order valence-corrected chi connectivity index (χ2v) is 4.63. The van der Waals surface area contributed by atoms with Gasteiger partial charge in [-0.3, -0.25) is 4.79 Å². The first-order valence-electron chi connectivity index (χ1n) is 5.83. The van der Waals surface area contributed by atoms with Crippen molar-refractivity contribution in [3.63, 3.8) is 0 Å². The number of carbonyl (C=O) groups is 1. The van der Waals surface area contributed by atoms with E-state index in [0.29, 0.717) is 11.6 Å². The Labute approximate surface area is 96.0 Å². The number of hydrogen-bond acceptors (Lipinski definition) is 2. The molecule has 2 atom stereocenters. The van der Waals surface area contributed by atoms with Crippen molar-refractivity contribution in [1.29, 1.82) is 0 Å². The average Bonchev–Trinajstić information content (AvgIpc) is 2.64. The Morgan fingerprint density at radius 3 is 2.88 bits per heavy atom. The number of anilines is 2. The Morgan fingerprint density at radius 1 is 1.44 bits per heavy atom. The van der Waals surface area contributed by atoms with Gasteiger partial charge < -0.3 is 11.1 Å². The van der Waals surface area contributed by atoms with Gasteiger partial charge in [0.15, 0.2) is 0 Å². The molecule has 1 saturated carbocycles. The lowest BCUT2D eigenvalue weighted by molar-refractivity contribution is -0.120. The van der Waals surface area contributed by atoms with Crippen LogP contribution in [0.1, 0.15) is 26.2 Å². The zero-order valence-corrected chi connectivity index (χ0v) is 9.57. The topological polar surface area (TPSA) is 55.1 Å². The van der Waals surface area contributed by atoms with Crippen LogP contribution in [-0.4, -0.2) is 5.91 Å². The number of benzene rings is 1. The summed E-state index contributed by atoms with van der Waals surface area (Å²) in [6.07, 6.45) is 3.33. The predicted octanol–water partition coefficient (Wildman–Crippen LogP) is 2.64. The Hall–Kier alpha value is -1.51. The van der Waals surface area contributed by atoms with Crippen LogP contribution in [0.15, 0.2) is 24.3 Å². The van der Waals surface area contributed by atoms with Crippen molar-refractivity contribution in [2.24, 2.45) is 11.8 Å². The Morgan fingerprint density at radius 2 is 2.25 bits per heavy atom. The van der Waals surface area contributed by atoms with E-state index in [0.717, 1.165) is 24.9 Å². The molecule has 0 radical (unpaired) electrons. The van der Waals surface area contributed by atoms with Gasteiger partial charge in [0, 0.05) is 17.3 Å². The van der Waals surface area contributed by atoms with E-state index in [1.54, 1.807) is 6.07 Å². The zero-order chi connectivity index (χ0) is 11.5. The molecule has 0 aliphatic heterocycles. The standard InChI is InChI=1S/C13H18N2O/c1-9-4-2-7-12(9)13(16)15-11-6-3-5-10(14)8-11/h3,5-6,8-9,12H,2,4,7,14H2,1H3,(H,15,16). The lowest BCUT2D eigenvalue weighted by Crippen LogP contribution is -2.24. The molecule has 1 aliphatic rings. The SMILES string of the molecule is CC1CCCC1C(=O)Nc1cccc(N)c1. The largest absolute Gasteiger partial charge is 0.399 e. The van der Waals surface area contributed by atoms with Crippen molar-refractivity contribution in [3.8, 4) is 0 Å². The molecule has 3 heteroatoms. The summed E-state index contributed by atoms with van der Waals surface area (Å²) in [5.41, 5.74) is 7.14. The van der Waals surface area contributed by atoms with E-state index in [4.69, 9.17) is 5.73 Å². The van der Waals surface area contributed by atoms with Crippen molar-refractivity contribution in [3.05, 3.63) is 24.3 Å². The summed E-state index contributed by atoms with van der Waals surface area (Å²) in [4.78, 5) is 12.0. The van der Waals surface area contributed by atoms with E-state index in [2.05, 4.69) is 12.2 Å². The molecule has 1 aromatic carbocycles. The van der Waals surface area contributed by atoms with Gasteiger partial charge in [-0.2, -0.15) is 0 Å². The summed E-state index contributed by atoms with van der Waals surface area (Å²) in [6.45, 7) is 2.15. The van der Waals surface area contributed by atoms with Gasteiger partial charge in [-0.05, 0) is 37.0 Å². The monoisotopic (exact) mass is 218 g/mol. The van der Waals surface area contributed by atoms with Crippen LogP contribution < -0.4 is 11.1 Å². The number of nitrogens with two attached hydrogens (primary N) is 1. The summed E-state index contributed by atoms with van der Waals surface area (Å²) in [5.74, 6) is 0.804. The highest BCUT2D eigenvalue weighted by Crippen LogP contribution is 2.32. The molecule has 0 saturated heterocycles. The van der Waals surface area contributed by atoms with Crippen molar-refractivity contribution in [2.45, 2.75) is 26.2 Å². The fraction of sp³-hybridized carbons (Fsp3) is 0.462. The molecule has 1 amide bonds. The molecular weight excluding hydrogens is 200 g/mol. The highest BCUT2D eigenvalue weighted by atomic mass is 16.1. The van der Waals surface area contributed by atoms with Crippen LogP contribution in [-0.2, 0) is 4.79 Å². The molecule has 0 spiro atoms. The van der Waals surface area contributed by atoms with Crippen LogP contribution in [0.3, 0.4) is 0 Å². The molecule has 1 aromatic rings. The third-order valence-electron chi connectivity index (χ3n) is 3.35. The van der Waals surface area contributed by atoms with E-state index >= 15 is 0 Å². The molecule has 16 heavy (non-hydrogen) atoms. The second kappa shape index (κ2) is 4.56. The molecule has 0 aromatic heterocycles. The molecular formula is C13H18N2O. The van der Waals surface area contributed by atoms with Crippen molar-refractivity contribution in [2.75, 3.05) is 11.1 Å². The molecule has 1 aliphatic carbocycles. The van der Waals surface area contributed by atoms with E-state index < -0.39 is 0 Å². The van der Waals surface area contributed by atoms with Crippen LogP contribution in [0.5, 0.6) is 0 Å². The number of hydrogen-bond donors (Lipinski definition) is 2.